The van der Waals surface area contributed by atoms with Gasteiger partial charge in [-0.1, -0.05) is 0 Å². The standard InChI is InChI=1S/C22H27F2N3O4/c1-29-19-7-8-20(30-2)16(13-19)14-26-9-11-27(12-10-26)15-21(28)25-17-3-5-18(6-4-17)31-22(23)24/h3-8,13,22H,9-12,14-15H2,1-2H3,(H,25,28). The molecular formula is C22H27F2N3O4. The van der Waals surface area contributed by atoms with Crippen LogP contribution in [-0.2, 0) is 11.3 Å². The van der Waals surface area contributed by atoms with Crippen molar-refractivity contribution in [3.8, 4) is 17.2 Å². The summed E-state index contributed by atoms with van der Waals surface area (Å²) in [4.78, 5) is 16.7. The zero-order valence-corrected chi connectivity index (χ0v) is 17.6. The molecule has 0 atom stereocenters. The predicted molar refractivity (Wildman–Crippen MR) is 113 cm³/mol. The van der Waals surface area contributed by atoms with Gasteiger partial charge in [-0.15, -0.1) is 0 Å². The highest BCUT2D eigenvalue weighted by molar-refractivity contribution is 5.92. The molecule has 2 aromatic rings. The molecule has 2 aromatic carbocycles. The molecule has 168 valence electrons. The number of carbonyl (C=O) groups excluding carboxylic acids is 1. The Morgan fingerprint density at radius 2 is 1.61 bits per heavy atom. The fourth-order valence-electron chi connectivity index (χ4n) is 3.48. The third kappa shape index (κ3) is 6.80. The van der Waals surface area contributed by atoms with Crippen LogP contribution < -0.4 is 19.5 Å². The summed E-state index contributed by atoms with van der Waals surface area (Å²) in [5, 5.41) is 2.78. The lowest BCUT2D eigenvalue weighted by atomic mass is 10.1. The SMILES string of the molecule is COc1ccc(OC)c(CN2CCN(CC(=O)Nc3ccc(OC(F)F)cc3)CC2)c1. The second-order valence-corrected chi connectivity index (χ2v) is 7.18. The van der Waals surface area contributed by atoms with Crippen LogP contribution in [0.2, 0.25) is 0 Å². The normalized spacial score (nSPS) is 15.0. The Balaban J connectivity index is 1.45. The van der Waals surface area contributed by atoms with Crippen LogP contribution in [0.1, 0.15) is 5.56 Å². The largest absolute Gasteiger partial charge is 0.497 e. The molecule has 0 bridgehead atoms. The highest BCUT2D eigenvalue weighted by Crippen LogP contribution is 2.25. The zero-order chi connectivity index (χ0) is 22.2. The summed E-state index contributed by atoms with van der Waals surface area (Å²) in [5.74, 6) is 1.52. The van der Waals surface area contributed by atoms with E-state index in [-0.39, 0.29) is 18.2 Å². The number of anilines is 1. The van der Waals surface area contributed by atoms with E-state index in [0.717, 1.165) is 49.8 Å². The van der Waals surface area contributed by atoms with Crippen LogP contribution in [-0.4, -0.2) is 69.3 Å². The summed E-state index contributed by atoms with van der Waals surface area (Å²) in [7, 11) is 3.29. The molecule has 0 aromatic heterocycles. The van der Waals surface area contributed by atoms with Crippen LogP contribution in [0.3, 0.4) is 0 Å². The quantitative estimate of drug-likeness (QED) is 0.653. The molecule has 0 unspecified atom stereocenters. The second-order valence-electron chi connectivity index (χ2n) is 7.18. The average molecular weight is 435 g/mol. The number of piperazine rings is 1. The van der Waals surface area contributed by atoms with Crippen LogP contribution in [0.5, 0.6) is 17.2 Å². The number of methoxy groups -OCH3 is 2. The topological polar surface area (TPSA) is 63.3 Å². The van der Waals surface area contributed by atoms with Gasteiger partial charge in [0.2, 0.25) is 5.91 Å². The van der Waals surface area contributed by atoms with Gasteiger partial charge < -0.3 is 19.5 Å². The number of amides is 1. The van der Waals surface area contributed by atoms with Crippen LogP contribution in [0.25, 0.3) is 0 Å². The van der Waals surface area contributed by atoms with Crippen molar-refractivity contribution >= 4 is 11.6 Å². The summed E-state index contributed by atoms with van der Waals surface area (Å²) >= 11 is 0. The second kappa shape index (κ2) is 10.9. The molecular weight excluding hydrogens is 408 g/mol. The number of hydrogen-bond donors (Lipinski definition) is 1. The number of halogens is 2. The number of hydrogen-bond acceptors (Lipinski definition) is 6. The van der Waals surface area contributed by atoms with Crippen molar-refractivity contribution in [2.75, 3.05) is 52.3 Å². The minimum absolute atomic E-state index is 0.0526. The van der Waals surface area contributed by atoms with Crippen molar-refractivity contribution in [2.24, 2.45) is 0 Å². The van der Waals surface area contributed by atoms with E-state index >= 15 is 0 Å². The number of alkyl halides is 2. The van der Waals surface area contributed by atoms with Gasteiger partial charge in [0.1, 0.15) is 17.2 Å². The van der Waals surface area contributed by atoms with Gasteiger partial charge in [-0.05, 0) is 42.5 Å². The fourth-order valence-corrected chi connectivity index (χ4v) is 3.48. The first-order valence-electron chi connectivity index (χ1n) is 9.97. The number of nitrogens with one attached hydrogen (secondary N) is 1. The Hall–Kier alpha value is -2.91. The van der Waals surface area contributed by atoms with Crippen molar-refractivity contribution in [1.29, 1.82) is 0 Å². The average Bonchev–Trinajstić information content (AvgIpc) is 2.76. The van der Waals surface area contributed by atoms with Crippen LogP contribution in [0, 0.1) is 0 Å². The van der Waals surface area contributed by atoms with E-state index < -0.39 is 6.61 Å². The summed E-state index contributed by atoms with van der Waals surface area (Å²) in [6.07, 6.45) is 0. The van der Waals surface area contributed by atoms with Crippen molar-refractivity contribution < 1.29 is 27.8 Å². The van der Waals surface area contributed by atoms with Crippen molar-refractivity contribution in [3.63, 3.8) is 0 Å². The third-order valence-electron chi connectivity index (χ3n) is 5.08. The number of ether oxygens (including phenoxy) is 3. The zero-order valence-electron chi connectivity index (χ0n) is 17.6. The number of nitrogens with zero attached hydrogens (tertiary/aromatic N) is 2. The van der Waals surface area contributed by atoms with Gasteiger partial charge in [0.25, 0.3) is 0 Å². The number of carbonyl (C=O) groups is 1. The van der Waals surface area contributed by atoms with Gasteiger partial charge in [0.15, 0.2) is 0 Å². The molecule has 1 N–H and O–H groups in total. The lowest BCUT2D eigenvalue weighted by Crippen LogP contribution is -2.48. The van der Waals surface area contributed by atoms with Gasteiger partial charge >= 0.3 is 6.61 Å². The summed E-state index contributed by atoms with van der Waals surface area (Å²) in [6, 6.07) is 11.6. The minimum Gasteiger partial charge on any atom is -0.497 e. The van der Waals surface area contributed by atoms with E-state index in [2.05, 4.69) is 19.9 Å². The number of rotatable bonds is 9. The Kier molecular flexibility index (Phi) is 8.02. The van der Waals surface area contributed by atoms with E-state index in [0.29, 0.717) is 5.69 Å². The molecule has 31 heavy (non-hydrogen) atoms. The first-order chi connectivity index (χ1) is 15.0. The van der Waals surface area contributed by atoms with Gasteiger partial charge in [-0.2, -0.15) is 8.78 Å². The molecule has 1 amide bonds. The smallest absolute Gasteiger partial charge is 0.387 e. The van der Waals surface area contributed by atoms with E-state index in [4.69, 9.17) is 9.47 Å². The lowest BCUT2D eigenvalue weighted by molar-refractivity contribution is -0.117. The van der Waals surface area contributed by atoms with Gasteiger partial charge in [-0.25, -0.2) is 0 Å². The summed E-state index contributed by atoms with van der Waals surface area (Å²) in [6.45, 7) is 1.32. The van der Waals surface area contributed by atoms with Crippen molar-refractivity contribution in [1.82, 2.24) is 9.80 Å². The molecule has 1 saturated heterocycles. The van der Waals surface area contributed by atoms with Crippen LogP contribution in [0.15, 0.2) is 42.5 Å². The van der Waals surface area contributed by atoms with E-state index in [1.165, 1.54) is 24.3 Å². The highest BCUT2D eigenvalue weighted by Gasteiger charge is 2.20. The predicted octanol–water partition coefficient (Wildman–Crippen LogP) is 3.06. The molecule has 7 nitrogen and oxygen atoms in total. The summed E-state index contributed by atoms with van der Waals surface area (Å²) in [5.41, 5.74) is 1.60. The molecule has 0 radical (unpaired) electrons. The molecule has 1 heterocycles. The molecule has 1 fully saturated rings. The van der Waals surface area contributed by atoms with Gasteiger partial charge in [-0.3, -0.25) is 14.6 Å². The van der Waals surface area contributed by atoms with Crippen LogP contribution in [0.4, 0.5) is 14.5 Å². The van der Waals surface area contributed by atoms with E-state index in [1.807, 2.05) is 18.2 Å². The van der Waals surface area contributed by atoms with Crippen LogP contribution >= 0.6 is 0 Å². The molecule has 0 spiro atoms. The monoisotopic (exact) mass is 435 g/mol. The molecule has 9 heteroatoms. The Morgan fingerprint density at radius 3 is 2.23 bits per heavy atom. The third-order valence-corrected chi connectivity index (χ3v) is 5.08. The molecule has 0 aliphatic carbocycles. The maximum absolute atomic E-state index is 12.3. The van der Waals surface area contributed by atoms with Crippen molar-refractivity contribution in [2.45, 2.75) is 13.2 Å². The minimum atomic E-state index is -2.87. The summed E-state index contributed by atoms with van der Waals surface area (Å²) < 4.78 is 39.5. The Morgan fingerprint density at radius 1 is 0.968 bits per heavy atom. The van der Waals surface area contributed by atoms with Crippen molar-refractivity contribution in [3.05, 3.63) is 48.0 Å². The Labute approximate surface area is 180 Å². The van der Waals surface area contributed by atoms with Gasteiger partial charge in [0.05, 0.1) is 20.8 Å². The Bertz CT molecular complexity index is 856. The fraction of sp³-hybridized carbons (Fsp3) is 0.409. The molecule has 1 aliphatic heterocycles. The molecule has 1 aliphatic rings. The first kappa shape index (κ1) is 22.8. The van der Waals surface area contributed by atoms with Gasteiger partial charge in [0, 0.05) is 44.0 Å². The maximum Gasteiger partial charge on any atom is 0.387 e. The van der Waals surface area contributed by atoms with E-state index in [9.17, 15) is 13.6 Å². The van der Waals surface area contributed by atoms with E-state index in [1.54, 1.807) is 14.2 Å². The lowest BCUT2D eigenvalue weighted by Gasteiger charge is -2.34. The first-order valence-corrected chi connectivity index (χ1v) is 9.97. The highest BCUT2D eigenvalue weighted by atomic mass is 19.3. The maximum atomic E-state index is 12.3. The molecule has 0 saturated carbocycles. The number of benzene rings is 2. The molecule has 3 rings (SSSR count).